The lowest BCUT2D eigenvalue weighted by Gasteiger charge is -2.35. The Morgan fingerprint density at radius 3 is 2.92 bits per heavy atom. The second-order valence-corrected chi connectivity index (χ2v) is 5.23. The molecule has 3 aliphatic rings. The molecule has 3 rings (SSSR count). The van der Waals surface area contributed by atoms with Gasteiger partial charge in [0.25, 0.3) is 0 Å². The monoisotopic (exact) mass is 176 g/mol. The molecular weight excluding hydrogens is 156 g/mol. The highest BCUT2D eigenvalue weighted by Crippen LogP contribution is 2.58. The van der Waals surface area contributed by atoms with Crippen molar-refractivity contribution >= 4 is 0 Å². The zero-order valence-corrected chi connectivity index (χ0v) is 8.63. The average molecular weight is 176 g/mol. The molecule has 0 aromatic rings. The summed E-state index contributed by atoms with van der Waals surface area (Å²) >= 11 is 0. The molecule has 0 radical (unpaired) electrons. The van der Waals surface area contributed by atoms with Gasteiger partial charge in [0, 0.05) is 0 Å². The Hall–Kier alpha value is -0.260. The van der Waals surface area contributed by atoms with Crippen LogP contribution in [0.1, 0.15) is 45.4 Å². The maximum absolute atomic E-state index is 2.56. The van der Waals surface area contributed by atoms with E-state index in [9.17, 15) is 0 Å². The predicted molar refractivity (Wildman–Crippen MR) is 55.4 cm³/mol. The van der Waals surface area contributed by atoms with Gasteiger partial charge in [-0.25, -0.2) is 0 Å². The third kappa shape index (κ3) is 1.04. The molecule has 2 fully saturated rings. The van der Waals surface area contributed by atoms with E-state index in [2.05, 4.69) is 13.0 Å². The summed E-state index contributed by atoms with van der Waals surface area (Å²) in [6.45, 7) is 2.35. The maximum Gasteiger partial charge on any atom is -0.0144 e. The van der Waals surface area contributed by atoms with E-state index in [-0.39, 0.29) is 0 Å². The van der Waals surface area contributed by atoms with Gasteiger partial charge in [-0.2, -0.15) is 0 Å². The van der Waals surface area contributed by atoms with Gasteiger partial charge >= 0.3 is 0 Å². The van der Waals surface area contributed by atoms with Crippen molar-refractivity contribution in [3.8, 4) is 0 Å². The van der Waals surface area contributed by atoms with E-state index in [4.69, 9.17) is 0 Å². The molecule has 0 spiro atoms. The van der Waals surface area contributed by atoms with E-state index in [1.165, 1.54) is 19.3 Å². The van der Waals surface area contributed by atoms with Gasteiger partial charge in [-0.15, -0.1) is 0 Å². The minimum absolute atomic E-state index is 1.04. The Balaban J connectivity index is 1.91. The van der Waals surface area contributed by atoms with Gasteiger partial charge in [0.1, 0.15) is 0 Å². The lowest BCUT2D eigenvalue weighted by molar-refractivity contribution is 0.226. The molecule has 0 aromatic heterocycles. The van der Waals surface area contributed by atoms with Crippen molar-refractivity contribution in [1.29, 1.82) is 0 Å². The van der Waals surface area contributed by atoms with Gasteiger partial charge in [-0.3, -0.25) is 0 Å². The maximum atomic E-state index is 2.56. The summed E-state index contributed by atoms with van der Waals surface area (Å²) in [5.74, 6) is 4.38. The van der Waals surface area contributed by atoms with E-state index >= 15 is 0 Å². The van der Waals surface area contributed by atoms with Crippen LogP contribution < -0.4 is 0 Å². The second kappa shape index (κ2) is 2.87. The predicted octanol–water partition coefficient (Wildman–Crippen LogP) is 3.78. The van der Waals surface area contributed by atoms with Crippen LogP contribution in [0.4, 0.5) is 0 Å². The first-order valence-electron chi connectivity index (χ1n) is 6.09. The van der Waals surface area contributed by atoms with Crippen LogP contribution in [0, 0.1) is 23.7 Å². The second-order valence-electron chi connectivity index (χ2n) is 5.23. The van der Waals surface area contributed by atoms with Gasteiger partial charge in [-0.05, 0) is 62.2 Å². The molecule has 4 atom stereocenters. The minimum atomic E-state index is 1.04. The molecule has 4 unspecified atom stereocenters. The molecule has 72 valence electrons. The highest BCUT2D eigenvalue weighted by Gasteiger charge is 2.48. The Kier molecular flexibility index (Phi) is 1.78. The van der Waals surface area contributed by atoms with Crippen LogP contribution in [-0.2, 0) is 0 Å². The normalized spacial score (nSPS) is 47.6. The third-order valence-electron chi connectivity index (χ3n) is 4.83. The van der Waals surface area contributed by atoms with Crippen LogP contribution in [0.25, 0.3) is 0 Å². The largest absolute Gasteiger partial charge is 0.0850 e. The molecule has 0 N–H and O–H groups in total. The van der Waals surface area contributed by atoms with E-state index in [0.29, 0.717) is 0 Å². The van der Waals surface area contributed by atoms with E-state index < -0.39 is 0 Å². The third-order valence-corrected chi connectivity index (χ3v) is 4.83. The van der Waals surface area contributed by atoms with Crippen LogP contribution in [0.5, 0.6) is 0 Å². The van der Waals surface area contributed by atoms with Crippen LogP contribution in [0.2, 0.25) is 0 Å². The number of hydrogen-bond donors (Lipinski definition) is 0. The molecule has 0 heterocycles. The number of fused-ring (bicyclic) bond motifs is 5. The van der Waals surface area contributed by atoms with E-state index in [1.807, 2.05) is 5.57 Å². The summed E-state index contributed by atoms with van der Waals surface area (Å²) in [6, 6.07) is 0. The summed E-state index contributed by atoms with van der Waals surface area (Å²) in [7, 11) is 0. The van der Waals surface area contributed by atoms with Gasteiger partial charge in [-0.1, -0.05) is 18.6 Å². The quantitative estimate of drug-likeness (QED) is 0.533. The Morgan fingerprint density at radius 1 is 1.23 bits per heavy atom. The lowest BCUT2D eigenvalue weighted by atomic mass is 9.70. The molecule has 0 saturated heterocycles. The molecule has 2 bridgehead atoms. The average Bonchev–Trinajstić information content (AvgIpc) is 2.77. The minimum Gasteiger partial charge on any atom is -0.0850 e. The fourth-order valence-electron chi connectivity index (χ4n) is 4.38. The van der Waals surface area contributed by atoms with Gasteiger partial charge in [0.2, 0.25) is 0 Å². The van der Waals surface area contributed by atoms with Crippen molar-refractivity contribution in [2.75, 3.05) is 0 Å². The van der Waals surface area contributed by atoms with E-state index in [1.54, 1.807) is 19.3 Å². The number of allylic oxidation sites excluding steroid dienone is 2. The van der Waals surface area contributed by atoms with Crippen molar-refractivity contribution in [3.05, 3.63) is 11.6 Å². The van der Waals surface area contributed by atoms with Crippen LogP contribution in [0.15, 0.2) is 11.6 Å². The first-order valence-corrected chi connectivity index (χ1v) is 6.09. The van der Waals surface area contributed by atoms with Crippen molar-refractivity contribution in [3.63, 3.8) is 0 Å². The highest BCUT2D eigenvalue weighted by molar-refractivity contribution is 5.18. The molecule has 0 heteroatoms. The lowest BCUT2D eigenvalue weighted by Crippen LogP contribution is -2.26. The van der Waals surface area contributed by atoms with Gasteiger partial charge in [0.05, 0.1) is 0 Å². The van der Waals surface area contributed by atoms with E-state index in [0.717, 1.165) is 23.7 Å². The molecule has 0 aromatic carbocycles. The number of hydrogen-bond acceptors (Lipinski definition) is 0. The molecule has 3 aliphatic carbocycles. The first-order chi connectivity index (χ1) is 6.40. The summed E-state index contributed by atoms with van der Waals surface area (Å²) in [4.78, 5) is 0. The molecule has 2 saturated carbocycles. The first kappa shape index (κ1) is 8.08. The molecule has 0 aliphatic heterocycles. The molecule has 0 nitrogen and oxygen atoms in total. The van der Waals surface area contributed by atoms with Crippen LogP contribution in [0.3, 0.4) is 0 Å². The van der Waals surface area contributed by atoms with Crippen LogP contribution in [-0.4, -0.2) is 0 Å². The highest BCUT2D eigenvalue weighted by atomic mass is 14.5. The fourth-order valence-corrected chi connectivity index (χ4v) is 4.38. The van der Waals surface area contributed by atoms with Gasteiger partial charge < -0.3 is 0 Å². The SMILES string of the molecule is CCC1=CCCC2C3CCC(C3)C12. The molecular formula is C13H20. The smallest absolute Gasteiger partial charge is 0.0144 e. The Morgan fingerprint density at radius 2 is 2.08 bits per heavy atom. The zero-order valence-electron chi connectivity index (χ0n) is 8.63. The Labute approximate surface area is 81.4 Å². The summed E-state index contributed by atoms with van der Waals surface area (Å²) in [6.07, 6.45) is 11.5. The summed E-state index contributed by atoms with van der Waals surface area (Å²) in [5, 5.41) is 0. The van der Waals surface area contributed by atoms with Gasteiger partial charge in [0.15, 0.2) is 0 Å². The van der Waals surface area contributed by atoms with Crippen molar-refractivity contribution in [2.24, 2.45) is 23.7 Å². The molecule has 13 heavy (non-hydrogen) atoms. The summed E-state index contributed by atoms with van der Waals surface area (Å²) < 4.78 is 0. The van der Waals surface area contributed by atoms with Crippen molar-refractivity contribution in [2.45, 2.75) is 45.4 Å². The van der Waals surface area contributed by atoms with Crippen molar-refractivity contribution < 1.29 is 0 Å². The fraction of sp³-hybridized carbons (Fsp3) is 0.846. The summed E-state index contributed by atoms with van der Waals surface area (Å²) in [5.41, 5.74) is 1.82. The molecule has 0 amide bonds. The zero-order chi connectivity index (χ0) is 8.84. The number of rotatable bonds is 1. The Bertz CT molecular complexity index is 238. The van der Waals surface area contributed by atoms with Crippen molar-refractivity contribution in [1.82, 2.24) is 0 Å². The standard InChI is InChI=1S/C13H20/c1-2-9-4-3-5-12-10-6-7-11(8-10)13(9)12/h4,10-13H,2-3,5-8H2,1H3. The van der Waals surface area contributed by atoms with Crippen LogP contribution >= 0.6 is 0 Å². The topological polar surface area (TPSA) is 0 Å².